The zero-order valence-electron chi connectivity index (χ0n) is 11.7. The predicted molar refractivity (Wildman–Crippen MR) is 82.6 cm³/mol. The van der Waals surface area contributed by atoms with Crippen molar-refractivity contribution < 1.29 is 4.74 Å². The summed E-state index contributed by atoms with van der Waals surface area (Å²) in [5.41, 5.74) is 3.21. The largest absolute Gasteiger partial charge is 0.383 e. The van der Waals surface area contributed by atoms with Crippen molar-refractivity contribution in [2.75, 3.05) is 25.6 Å². The molecule has 0 aromatic carbocycles. The van der Waals surface area contributed by atoms with Crippen LogP contribution in [0.2, 0.25) is 0 Å². The number of methoxy groups -OCH3 is 1. The summed E-state index contributed by atoms with van der Waals surface area (Å²) >= 11 is 1.63. The second kappa shape index (κ2) is 5.30. The predicted octanol–water partition coefficient (Wildman–Crippen LogP) is 2.91. The minimum Gasteiger partial charge on any atom is -0.383 e. The topological polar surface area (TPSA) is 59.9 Å². The number of aryl methyl sites for hydroxylation is 2. The van der Waals surface area contributed by atoms with Crippen LogP contribution in [0.4, 0.5) is 5.82 Å². The second-order valence-electron chi connectivity index (χ2n) is 4.67. The Labute approximate surface area is 121 Å². The third-order valence-electron chi connectivity index (χ3n) is 3.29. The number of fused-ring (bicyclic) bond motifs is 3. The smallest absolute Gasteiger partial charge is 0.147 e. The van der Waals surface area contributed by atoms with Gasteiger partial charge in [-0.15, -0.1) is 11.3 Å². The van der Waals surface area contributed by atoms with Crippen LogP contribution in [0.15, 0.2) is 12.4 Å². The summed E-state index contributed by atoms with van der Waals surface area (Å²) in [5.74, 6) is 0.852. The molecule has 0 spiro atoms. The quantitative estimate of drug-likeness (QED) is 0.748. The Morgan fingerprint density at radius 1 is 1.30 bits per heavy atom. The van der Waals surface area contributed by atoms with Crippen LogP contribution < -0.4 is 5.32 Å². The number of hydrogen-bond donors (Lipinski definition) is 1. The molecular formula is C14H16N4OS. The Balaban J connectivity index is 2.14. The van der Waals surface area contributed by atoms with Gasteiger partial charge in [0.1, 0.15) is 17.0 Å². The minimum atomic E-state index is 0.646. The van der Waals surface area contributed by atoms with Crippen molar-refractivity contribution >= 4 is 37.6 Å². The lowest BCUT2D eigenvalue weighted by Gasteiger charge is -2.04. The third kappa shape index (κ3) is 2.21. The summed E-state index contributed by atoms with van der Waals surface area (Å²) in [7, 11) is 1.69. The highest BCUT2D eigenvalue weighted by atomic mass is 32.1. The second-order valence-corrected chi connectivity index (χ2v) is 5.66. The molecule has 3 rings (SSSR count). The van der Waals surface area contributed by atoms with Gasteiger partial charge in [-0.25, -0.2) is 15.0 Å². The van der Waals surface area contributed by atoms with Gasteiger partial charge in [-0.1, -0.05) is 0 Å². The van der Waals surface area contributed by atoms with E-state index < -0.39 is 0 Å². The van der Waals surface area contributed by atoms with Crippen LogP contribution in [-0.4, -0.2) is 35.2 Å². The Kier molecular flexibility index (Phi) is 3.50. The molecule has 0 amide bonds. The summed E-state index contributed by atoms with van der Waals surface area (Å²) < 4.78 is 6.10. The molecule has 3 aromatic rings. The summed E-state index contributed by atoms with van der Waals surface area (Å²) in [6, 6.07) is 2.16. The lowest BCUT2D eigenvalue weighted by atomic mass is 10.2. The van der Waals surface area contributed by atoms with E-state index in [1.807, 2.05) is 6.92 Å². The molecule has 3 aromatic heterocycles. The number of hydrogen-bond acceptors (Lipinski definition) is 6. The van der Waals surface area contributed by atoms with Gasteiger partial charge in [0, 0.05) is 24.7 Å². The first kappa shape index (κ1) is 13.2. The lowest BCUT2D eigenvalue weighted by Crippen LogP contribution is -2.08. The van der Waals surface area contributed by atoms with Crippen LogP contribution in [0.3, 0.4) is 0 Å². The average molecular weight is 288 g/mol. The minimum absolute atomic E-state index is 0.646. The molecule has 6 heteroatoms. The van der Waals surface area contributed by atoms with E-state index in [4.69, 9.17) is 4.74 Å². The van der Waals surface area contributed by atoms with Crippen molar-refractivity contribution in [1.82, 2.24) is 15.0 Å². The Morgan fingerprint density at radius 3 is 2.95 bits per heavy atom. The average Bonchev–Trinajstić information content (AvgIpc) is 2.78. The van der Waals surface area contributed by atoms with Crippen LogP contribution in [-0.2, 0) is 4.74 Å². The van der Waals surface area contributed by atoms with Crippen LogP contribution in [0.1, 0.15) is 11.3 Å². The van der Waals surface area contributed by atoms with E-state index in [0.29, 0.717) is 6.61 Å². The monoisotopic (exact) mass is 288 g/mol. The van der Waals surface area contributed by atoms with E-state index in [2.05, 4.69) is 33.3 Å². The Hall–Kier alpha value is -1.79. The molecule has 0 fully saturated rings. The molecule has 104 valence electrons. The summed E-state index contributed by atoms with van der Waals surface area (Å²) in [6.07, 6.45) is 1.60. The van der Waals surface area contributed by atoms with Crippen molar-refractivity contribution in [2.45, 2.75) is 13.8 Å². The van der Waals surface area contributed by atoms with Crippen LogP contribution >= 0.6 is 11.3 Å². The maximum atomic E-state index is 5.05. The normalized spacial score (nSPS) is 11.3. The fraction of sp³-hybridized carbons (Fsp3) is 0.357. The van der Waals surface area contributed by atoms with Gasteiger partial charge in [-0.3, -0.25) is 0 Å². The van der Waals surface area contributed by atoms with Gasteiger partial charge in [0.05, 0.1) is 16.8 Å². The standard InChI is InChI=1S/C14H16N4OS/c1-8-6-10-11-12(20-14(10)18-9(8)2)13(17-7-16-11)15-4-5-19-3/h6-7H,4-5H2,1-3H3,(H,15,16,17). The molecule has 0 saturated carbocycles. The SMILES string of the molecule is COCCNc1ncnc2c1sc1nc(C)c(C)cc12. The zero-order chi connectivity index (χ0) is 14.1. The van der Waals surface area contributed by atoms with Crippen molar-refractivity contribution in [3.63, 3.8) is 0 Å². The van der Waals surface area contributed by atoms with Gasteiger partial charge in [0.15, 0.2) is 0 Å². The first-order valence-electron chi connectivity index (χ1n) is 6.45. The molecule has 0 bridgehead atoms. The highest BCUT2D eigenvalue weighted by molar-refractivity contribution is 7.25. The fourth-order valence-corrected chi connectivity index (χ4v) is 3.21. The van der Waals surface area contributed by atoms with Gasteiger partial charge < -0.3 is 10.1 Å². The Morgan fingerprint density at radius 2 is 2.15 bits per heavy atom. The van der Waals surface area contributed by atoms with Gasteiger partial charge in [0.25, 0.3) is 0 Å². The van der Waals surface area contributed by atoms with E-state index in [1.165, 1.54) is 5.56 Å². The molecule has 0 aliphatic heterocycles. The number of pyridine rings is 1. The van der Waals surface area contributed by atoms with Gasteiger partial charge in [-0.05, 0) is 25.5 Å². The van der Waals surface area contributed by atoms with Crippen molar-refractivity contribution in [3.8, 4) is 0 Å². The zero-order valence-corrected chi connectivity index (χ0v) is 12.5. The lowest BCUT2D eigenvalue weighted by molar-refractivity contribution is 0.210. The summed E-state index contributed by atoms with van der Waals surface area (Å²) in [4.78, 5) is 14.4. The van der Waals surface area contributed by atoms with E-state index in [9.17, 15) is 0 Å². The molecule has 5 nitrogen and oxygen atoms in total. The highest BCUT2D eigenvalue weighted by Crippen LogP contribution is 2.35. The molecule has 0 aliphatic carbocycles. The Bertz CT molecular complexity index is 769. The maximum absolute atomic E-state index is 5.05. The van der Waals surface area contributed by atoms with Gasteiger partial charge >= 0.3 is 0 Å². The molecule has 1 N–H and O–H groups in total. The van der Waals surface area contributed by atoms with E-state index in [-0.39, 0.29) is 0 Å². The molecule has 0 radical (unpaired) electrons. The molecule has 0 saturated heterocycles. The van der Waals surface area contributed by atoms with Crippen molar-refractivity contribution in [3.05, 3.63) is 23.7 Å². The molecule has 0 unspecified atom stereocenters. The van der Waals surface area contributed by atoms with Gasteiger partial charge in [-0.2, -0.15) is 0 Å². The number of nitrogens with one attached hydrogen (secondary N) is 1. The highest BCUT2D eigenvalue weighted by Gasteiger charge is 2.13. The maximum Gasteiger partial charge on any atom is 0.147 e. The third-order valence-corrected chi connectivity index (χ3v) is 4.38. The first-order chi connectivity index (χ1) is 9.70. The van der Waals surface area contributed by atoms with Crippen molar-refractivity contribution in [1.29, 1.82) is 0 Å². The number of ether oxygens (including phenoxy) is 1. The summed E-state index contributed by atoms with van der Waals surface area (Å²) in [5, 5.41) is 4.39. The van der Waals surface area contributed by atoms with E-state index in [1.54, 1.807) is 24.8 Å². The number of thiophene rings is 1. The molecule has 3 heterocycles. The molecule has 20 heavy (non-hydrogen) atoms. The molecule has 0 aliphatic rings. The van der Waals surface area contributed by atoms with Crippen LogP contribution in [0.25, 0.3) is 20.4 Å². The number of rotatable bonds is 4. The summed E-state index contributed by atoms with van der Waals surface area (Å²) in [6.45, 7) is 5.47. The van der Waals surface area contributed by atoms with E-state index in [0.717, 1.165) is 38.5 Å². The number of nitrogens with zero attached hydrogens (tertiary/aromatic N) is 3. The molecule has 0 atom stereocenters. The van der Waals surface area contributed by atoms with Crippen molar-refractivity contribution in [2.24, 2.45) is 0 Å². The first-order valence-corrected chi connectivity index (χ1v) is 7.26. The van der Waals surface area contributed by atoms with Crippen LogP contribution in [0.5, 0.6) is 0 Å². The van der Waals surface area contributed by atoms with E-state index >= 15 is 0 Å². The number of anilines is 1. The molecular weight excluding hydrogens is 272 g/mol. The van der Waals surface area contributed by atoms with Crippen LogP contribution in [0, 0.1) is 13.8 Å². The number of aromatic nitrogens is 3. The fourth-order valence-electron chi connectivity index (χ4n) is 2.09. The van der Waals surface area contributed by atoms with Gasteiger partial charge in [0.2, 0.25) is 0 Å².